The van der Waals surface area contributed by atoms with E-state index in [-0.39, 0.29) is 24.1 Å². The Bertz CT molecular complexity index is 1170. The van der Waals surface area contributed by atoms with Crippen molar-refractivity contribution in [3.8, 4) is 11.5 Å². The Morgan fingerprint density at radius 3 is 2.41 bits per heavy atom. The zero-order chi connectivity index (χ0) is 23.4. The van der Waals surface area contributed by atoms with Gasteiger partial charge >= 0.3 is 0 Å². The number of nitrogens with one attached hydrogen (secondary N) is 1. The van der Waals surface area contributed by atoms with Crippen molar-refractivity contribution in [2.24, 2.45) is 5.92 Å². The van der Waals surface area contributed by atoms with Crippen LogP contribution in [-0.4, -0.2) is 28.2 Å². The molecular formula is C24H26Cl2N2O4. The summed E-state index contributed by atoms with van der Waals surface area (Å²) in [4.78, 5) is 25.8. The van der Waals surface area contributed by atoms with Gasteiger partial charge in [-0.2, -0.15) is 0 Å². The van der Waals surface area contributed by atoms with Crippen molar-refractivity contribution in [3.63, 3.8) is 0 Å². The number of fused-ring (bicyclic) bond motifs is 1. The van der Waals surface area contributed by atoms with Gasteiger partial charge in [0.05, 0.1) is 27.7 Å². The molecule has 0 saturated heterocycles. The van der Waals surface area contributed by atoms with Crippen LogP contribution in [0.4, 0.5) is 0 Å². The number of hydrogen-bond donors (Lipinski definition) is 2. The van der Waals surface area contributed by atoms with Crippen molar-refractivity contribution in [3.05, 3.63) is 68.4 Å². The Kier molecular flexibility index (Phi) is 7.69. The van der Waals surface area contributed by atoms with Gasteiger partial charge in [0.15, 0.2) is 11.5 Å². The molecule has 6 nitrogen and oxygen atoms in total. The van der Waals surface area contributed by atoms with Crippen LogP contribution in [0.2, 0.25) is 10.0 Å². The zero-order valence-electron chi connectivity index (χ0n) is 18.2. The van der Waals surface area contributed by atoms with E-state index in [0.717, 1.165) is 0 Å². The van der Waals surface area contributed by atoms with Gasteiger partial charge in [-0.1, -0.05) is 61.3 Å². The first-order chi connectivity index (χ1) is 15.2. The maximum Gasteiger partial charge on any atom is 0.294 e. The Balaban J connectivity index is 1.78. The Morgan fingerprint density at radius 1 is 1.09 bits per heavy atom. The molecular weight excluding hydrogens is 451 g/mol. The molecule has 0 radical (unpaired) electrons. The summed E-state index contributed by atoms with van der Waals surface area (Å²) in [5, 5.41) is 14.8. The molecule has 3 rings (SSSR count). The molecule has 170 valence electrons. The molecule has 1 heterocycles. The molecule has 0 saturated carbocycles. The fraction of sp³-hybridized carbons (Fsp3) is 0.333. The minimum absolute atomic E-state index is 0.0208. The summed E-state index contributed by atoms with van der Waals surface area (Å²) in [5.74, 6) is -0.475. The number of ether oxygens (including phenoxy) is 1. The number of rotatable bonds is 8. The maximum atomic E-state index is 13.0. The number of para-hydroxylation sites is 2. The number of halogens is 2. The van der Waals surface area contributed by atoms with E-state index in [1.165, 1.54) is 4.57 Å². The van der Waals surface area contributed by atoms with Crippen LogP contribution < -0.4 is 15.6 Å². The van der Waals surface area contributed by atoms with E-state index in [1.54, 1.807) is 42.5 Å². The van der Waals surface area contributed by atoms with Gasteiger partial charge in [-0.15, -0.1) is 0 Å². The Hall–Kier alpha value is -2.70. The van der Waals surface area contributed by atoms with Gasteiger partial charge in [0.25, 0.3) is 11.5 Å². The van der Waals surface area contributed by atoms with Crippen LogP contribution >= 0.6 is 23.2 Å². The molecule has 8 heteroatoms. The van der Waals surface area contributed by atoms with E-state index in [9.17, 15) is 14.7 Å². The van der Waals surface area contributed by atoms with Gasteiger partial charge in [-0.3, -0.25) is 9.59 Å². The van der Waals surface area contributed by atoms with E-state index in [1.807, 2.05) is 20.8 Å². The first-order valence-corrected chi connectivity index (χ1v) is 11.2. The fourth-order valence-electron chi connectivity index (χ4n) is 3.49. The minimum atomic E-state index is -0.577. The van der Waals surface area contributed by atoms with Crippen LogP contribution in [-0.2, 0) is 6.54 Å². The van der Waals surface area contributed by atoms with Gasteiger partial charge in [0.1, 0.15) is 0 Å². The molecule has 2 aromatic carbocycles. The lowest BCUT2D eigenvalue weighted by Gasteiger charge is -2.19. The largest absolute Gasteiger partial charge is 0.502 e. The van der Waals surface area contributed by atoms with Crippen molar-refractivity contribution in [2.45, 2.75) is 39.8 Å². The highest BCUT2D eigenvalue weighted by atomic mass is 35.5. The number of pyridine rings is 1. The predicted molar refractivity (Wildman–Crippen MR) is 128 cm³/mol. The minimum Gasteiger partial charge on any atom is -0.502 e. The smallest absolute Gasteiger partial charge is 0.294 e. The monoisotopic (exact) mass is 476 g/mol. The SMILES string of the molecule is CC(C)Cn1c(=O)c(O)c(C(=O)N[C@H](C)CCOc2c(Cl)cccc2Cl)c2ccccc21. The topological polar surface area (TPSA) is 80.6 Å². The van der Waals surface area contributed by atoms with Gasteiger partial charge in [0, 0.05) is 24.4 Å². The number of nitrogens with zero attached hydrogens (tertiary/aromatic N) is 1. The molecule has 0 fully saturated rings. The Morgan fingerprint density at radius 2 is 1.75 bits per heavy atom. The number of aromatic hydroxyl groups is 1. The van der Waals surface area contributed by atoms with Crippen LogP contribution in [0.15, 0.2) is 47.3 Å². The lowest BCUT2D eigenvalue weighted by atomic mass is 10.1. The van der Waals surface area contributed by atoms with E-state index >= 15 is 0 Å². The number of aromatic nitrogens is 1. The molecule has 0 aliphatic rings. The quantitative estimate of drug-likeness (QED) is 0.464. The number of benzene rings is 2. The number of carbonyl (C=O) groups excluding carboxylic acids is 1. The van der Waals surface area contributed by atoms with E-state index < -0.39 is 17.2 Å². The summed E-state index contributed by atoms with van der Waals surface area (Å²) in [7, 11) is 0. The van der Waals surface area contributed by atoms with Crippen LogP contribution in [0.25, 0.3) is 10.9 Å². The highest BCUT2D eigenvalue weighted by Crippen LogP contribution is 2.32. The van der Waals surface area contributed by atoms with E-state index in [2.05, 4.69) is 5.32 Å². The lowest BCUT2D eigenvalue weighted by Crippen LogP contribution is -2.35. The molecule has 1 aromatic heterocycles. The molecule has 2 N–H and O–H groups in total. The molecule has 0 unspecified atom stereocenters. The summed E-state index contributed by atoms with van der Waals surface area (Å²) in [6.07, 6.45) is 0.469. The summed E-state index contributed by atoms with van der Waals surface area (Å²) in [6.45, 7) is 6.49. The predicted octanol–water partition coefficient (Wildman–Crippen LogP) is 5.26. The summed E-state index contributed by atoms with van der Waals surface area (Å²) >= 11 is 12.2. The third-order valence-corrected chi connectivity index (χ3v) is 5.61. The molecule has 0 bridgehead atoms. The maximum absolute atomic E-state index is 13.0. The molecule has 0 aliphatic heterocycles. The van der Waals surface area contributed by atoms with Crippen molar-refractivity contribution in [1.29, 1.82) is 0 Å². The van der Waals surface area contributed by atoms with Crippen LogP contribution in [0, 0.1) is 5.92 Å². The Labute approximate surface area is 196 Å². The highest BCUT2D eigenvalue weighted by molar-refractivity contribution is 6.37. The zero-order valence-corrected chi connectivity index (χ0v) is 19.7. The van der Waals surface area contributed by atoms with Crippen LogP contribution in [0.1, 0.15) is 37.6 Å². The normalized spacial score (nSPS) is 12.2. The van der Waals surface area contributed by atoms with Gasteiger partial charge in [-0.05, 0) is 31.0 Å². The summed E-state index contributed by atoms with van der Waals surface area (Å²) < 4.78 is 7.18. The third-order valence-electron chi connectivity index (χ3n) is 5.02. The van der Waals surface area contributed by atoms with Crippen molar-refractivity contribution in [2.75, 3.05) is 6.61 Å². The van der Waals surface area contributed by atoms with Gasteiger partial charge in [-0.25, -0.2) is 0 Å². The molecule has 0 spiro atoms. The fourth-order valence-corrected chi connectivity index (χ4v) is 4.00. The number of amides is 1. The number of hydrogen-bond acceptors (Lipinski definition) is 4. The van der Waals surface area contributed by atoms with E-state index in [0.29, 0.717) is 39.7 Å². The van der Waals surface area contributed by atoms with Crippen LogP contribution in [0.3, 0.4) is 0 Å². The van der Waals surface area contributed by atoms with Crippen LogP contribution in [0.5, 0.6) is 11.5 Å². The third kappa shape index (κ3) is 5.19. The van der Waals surface area contributed by atoms with Crippen molar-refractivity contribution < 1.29 is 14.6 Å². The first kappa shape index (κ1) is 24.0. The molecule has 1 amide bonds. The van der Waals surface area contributed by atoms with Gasteiger partial charge in [0.2, 0.25) is 0 Å². The second-order valence-electron chi connectivity index (χ2n) is 8.11. The summed E-state index contributed by atoms with van der Waals surface area (Å²) in [6, 6.07) is 11.9. The molecule has 32 heavy (non-hydrogen) atoms. The average Bonchev–Trinajstić information content (AvgIpc) is 2.73. The summed E-state index contributed by atoms with van der Waals surface area (Å²) in [5.41, 5.74) is 0.0120. The molecule has 3 aromatic rings. The van der Waals surface area contributed by atoms with Gasteiger partial charge < -0.3 is 19.7 Å². The average molecular weight is 477 g/mol. The van der Waals surface area contributed by atoms with Crippen molar-refractivity contribution in [1.82, 2.24) is 9.88 Å². The van der Waals surface area contributed by atoms with Crippen molar-refractivity contribution >= 4 is 40.0 Å². The molecule has 0 aliphatic carbocycles. The second kappa shape index (κ2) is 10.3. The lowest BCUT2D eigenvalue weighted by molar-refractivity contribution is 0.0934. The number of carbonyl (C=O) groups is 1. The second-order valence-corrected chi connectivity index (χ2v) is 8.93. The highest BCUT2D eigenvalue weighted by Gasteiger charge is 2.23. The first-order valence-electron chi connectivity index (χ1n) is 10.4. The molecule has 1 atom stereocenters. The standard InChI is InChI=1S/C24H26Cl2N2O4/c1-14(2)13-28-19-10-5-4-7-16(19)20(21(29)24(28)31)23(30)27-15(3)11-12-32-22-17(25)8-6-9-18(22)26/h4-10,14-15,29H,11-13H2,1-3H3,(H,27,30)/t15-/m1/s1. The van der Waals surface area contributed by atoms with E-state index in [4.69, 9.17) is 27.9 Å².